The van der Waals surface area contributed by atoms with E-state index in [1.54, 1.807) is 36.4 Å². The molecular weight excluding hydrogens is 340 g/mol. The van der Waals surface area contributed by atoms with Crippen LogP contribution in [0.4, 0.5) is 5.69 Å². The Morgan fingerprint density at radius 3 is 2.24 bits per heavy atom. The molecule has 0 saturated heterocycles. The maximum atomic E-state index is 12.2. The van der Waals surface area contributed by atoms with E-state index in [0.29, 0.717) is 17.0 Å². The highest BCUT2D eigenvalue weighted by Gasteiger charge is 2.08. The van der Waals surface area contributed by atoms with Crippen molar-refractivity contribution >= 4 is 35.2 Å². The first-order valence-electron chi connectivity index (χ1n) is 7.24. The Hall–Kier alpha value is -3.00. The standard InChI is InChI=1S/C17H16N4O3S/c1-19-21-15(18)10-25-14-8-4-11(5-9-14)16(22)20-13-6-2-12(3-7-13)17(23)24/h2-9,18H,10H2,1H3,(H,20,22)(H,23,24). The average Bonchev–Trinajstić information content (AvgIpc) is 2.61. The minimum Gasteiger partial charge on any atom is -0.478 e. The molecule has 0 saturated carbocycles. The summed E-state index contributed by atoms with van der Waals surface area (Å²) >= 11 is 1.43. The van der Waals surface area contributed by atoms with Crippen LogP contribution in [0.3, 0.4) is 0 Å². The van der Waals surface area contributed by atoms with Crippen molar-refractivity contribution in [3.63, 3.8) is 0 Å². The van der Waals surface area contributed by atoms with Crippen LogP contribution < -0.4 is 5.32 Å². The second-order valence-electron chi connectivity index (χ2n) is 4.90. The lowest BCUT2D eigenvalue weighted by Gasteiger charge is -2.06. The van der Waals surface area contributed by atoms with Crippen LogP contribution in [0, 0.1) is 5.41 Å². The summed E-state index contributed by atoms with van der Waals surface area (Å²) in [4.78, 5) is 23.9. The largest absolute Gasteiger partial charge is 0.478 e. The lowest BCUT2D eigenvalue weighted by Crippen LogP contribution is -2.11. The van der Waals surface area contributed by atoms with Crippen molar-refractivity contribution in [2.24, 2.45) is 10.2 Å². The van der Waals surface area contributed by atoms with E-state index < -0.39 is 5.97 Å². The summed E-state index contributed by atoms with van der Waals surface area (Å²) in [6.07, 6.45) is 0. The molecule has 25 heavy (non-hydrogen) atoms. The maximum Gasteiger partial charge on any atom is 0.335 e. The molecule has 2 rings (SSSR count). The van der Waals surface area contributed by atoms with Gasteiger partial charge in [0.25, 0.3) is 5.91 Å². The smallest absolute Gasteiger partial charge is 0.335 e. The lowest BCUT2D eigenvalue weighted by atomic mass is 10.2. The molecule has 3 N–H and O–H groups in total. The van der Waals surface area contributed by atoms with Crippen molar-refractivity contribution in [1.29, 1.82) is 5.41 Å². The molecule has 2 aromatic carbocycles. The van der Waals surface area contributed by atoms with Gasteiger partial charge in [-0.1, -0.05) is 0 Å². The molecule has 2 aromatic rings. The monoisotopic (exact) mass is 356 g/mol. The number of carboxylic acids is 1. The predicted octanol–water partition coefficient (Wildman–Crippen LogP) is 3.79. The van der Waals surface area contributed by atoms with Crippen molar-refractivity contribution in [3.05, 3.63) is 59.7 Å². The van der Waals surface area contributed by atoms with Gasteiger partial charge in [0.1, 0.15) is 0 Å². The summed E-state index contributed by atoms with van der Waals surface area (Å²) < 4.78 is 0. The Labute approximate surface area is 148 Å². The topological polar surface area (TPSA) is 115 Å². The van der Waals surface area contributed by atoms with Crippen LogP contribution in [-0.2, 0) is 0 Å². The number of amidine groups is 1. The van der Waals surface area contributed by atoms with Crippen molar-refractivity contribution < 1.29 is 14.7 Å². The van der Waals surface area contributed by atoms with Gasteiger partial charge < -0.3 is 10.4 Å². The third-order valence-electron chi connectivity index (χ3n) is 3.10. The molecule has 0 spiro atoms. The van der Waals surface area contributed by atoms with Crippen molar-refractivity contribution in [2.75, 3.05) is 18.1 Å². The second kappa shape index (κ2) is 8.74. The number of anilines is 1. The summed E-state index contributed by atoms with van der Waals surface area (Å²) in [6.45, 7) is 0. The highest BCUT2D eigenvalue weighted by atomic mass is 32.2. The van der Waals surface area contributed by atoms with Crippen LogP contribution in [0.25, 0.3) is 0 Å². The number of nitrogens with zero attached hydrogens (tertiary/aromatic N) is 2. The SMILES string of the molecule is CN=NC(=N)CSc1ccc(C(=O)Nc2ccc(C(=O)O)cc2)cc1. The minimum absolute atomic E-state index is 0.160. The number of nitrogens with one attached hydrogen (secondary N) is 2. The number of rotatable bonds is 6. The number of carbonyl (C=O) groups excluding carboxylic acids is 1. The Morgan fingerprint density at radius 1 is 1.08 bits per heavy atom. The first-order valence-corrected chi connectivity index (χ1v) is 8.23. The number of carboxylic acid groups (broad SMARTS) is 1. The van der Waals surface area contributed by atoms with Gasteiger partial charge in [-0.15, -0.1) is 16.9 Å². The van der Waals surface area contributed by atoms with Gasteiger partial charge in [0, 0.05) is 23.2 Å². The molecule has 0 aliphatic carbocycles. The molecule has 0 aromatic heterocycles. The van der Waals surface area contributed by atoms with Gasteiger partial charge in [-0.25, -0.2) is 4.79 Å². The fraction of sp³-hybridized carbons (Fsp3) is 0.118. The summed E-state index contributed by atoms with van der Waals surface area (Å²) in [5.41, 5.74) is 1.16. The van der Waals surface area contributed by atoms with Crippen LogP contribution in [0.15, 0.2) is 63.7 Å². The van der Waals surface area contributed by atoms with Gasteiger partial charge in [-0.05, 0) is 48.5 Å². The van der Waals surface area contributed by atoms with E-state index >= 15 is 0 Å². The van der Waals surface area contributed by atoms with Crippen LogP contribution in [-0.4, -0.2) is 35.6 Å². The molecule has 0 unspecified atom stereocenters. The molecule has 0 heterocycles. The fourth-order valence-corrected chi connectivity index (χ4v) is 2.59. The average molecular weight is 356 g/mol. The predicted molar refractivity (Wildman–Crippen MR) is 97.0 cm³/mol. The molecule has 0 aliphatic rings. The lowest BCUT2D eigenvalue weighted by molar-refractivity contribution is 0.0696. The molecule has 128 valence electrons. The van der Waals surface area contributed by atoms with Gasteiger partial charge in [-0.3, -0.25) is 10.2 Å². The van der Waals surface area contributed by atoms with E-state index in [1.165, 1.54) is 30.9 Å². The number of aromatic carboxylic acids is 1. The highest BCUT2D eigenvalue weighted by Crippen LogP contribution is 2.19. The van der Waals surface area contributed by atoms with E-state index in [0.717, 1.165) is 4.90 Å². The number of benzene rings is 2. The molecule has 1 amide bonds. The summed E-state index contributed by atoms with van der Waals surface area (Å²) in [7, 11) is 1.52. The zero-order chi connectivity index (χ0) is 18.2. The molecule has 8 heteroatoms. The minimum atomic E-state index is -1.01. The number of azo groups is 1. The second-order valence-corrected chi connectivity index (χ2v) is 5.95. The molecule has 0 atom stereocenters. The van der Waals surface area contributed by atoms with Crippen LogP contribution in [0.1, 0.15) is 20.7 Å². The summed E-state index contributed by atoms with van der Waals surface area (Å²) in [6, 6.07) is 12.9. The fourth-order valence-electron chi connectivity index (χ4n) is 1.90. The number of thioether (sulfide) groups is 1. The maximum absolute atomic E-state index is 12.2. The van der Waals surface area contributed by atoms with E-state index in [2.05, 4.69) is 15.5 Å². The van der Waals surface area contributed by atoms with Crippen LogP contribution in [0.2, 0.25) is 0 Å². The molecular formula is C17H16N4O3S. The zero-order valence-corrected chi connectivity index (χ0v) is 14.2. The Bertz CT molecular complexity index is 802. The molecule has 0 fully saturated rings. The highest BCUT2D eigenvalue weighted by molar-refractivity contribution is 8.00. The number of hydrogen-bond acceptors (Lipinski definition) is 5. The first-order chi connectivity index (χ1) is 12.0. The molecule has 0 bridgehead atoms. The van der Waals surface area contributed by atoms with Gasteiger partial charge in [0.05, 0.1) is 11.3 Å². The van der Waals surface area contributed by atoms with Gasteiger partial charge in [-0.2, -0.15) is 5.11 Å². The van der Waals surface area contributed by atoms with E-state index in [-0.39, 0.29) is 17.3 Å². The Kier molecular flexibility index (Phi) is 6.41. The van der Waals surface area contributed by atoms with E-state index in [9.17, 15) is 9.59 Å². The van der Waals surface area contributed by atoms with E-state index in [1.807, 2.05) is 0 Å². The number of amides is 1. The normalized spacial score (nSPS) is 10.6. The van der Waals surface area contributed by atoms with Crippen molar-refractivity contribution in [1.82, 2.24) is 0 Å². The van der Waals surface area contributed by atoms with Gasteiger partial charge in [0.2, 0.25) is 0 Å². The van der Waals surface area contributed by atoms with Crippen LogP contribution >= 0.6 is 11.8 Å². The zero-order valence-electron chi connectivity index (χ0n) is 13.4. The third-order valence-corrected chi connectivity index (χ3v) is 4.13. The molecule has 7 nitrogen and oxygen atoms in total. The van der Waals surface area contributed by atoms with Gasteiger partial charge in [0.15, 0.2) is 5.84 Å². The number of hydrogen-bond donors (Lipinski definition) is 3. The third kappa shape index (κ3) is 5.54. The molecule has 0 radical (unpaired) electrons. The summed E-state index contributed by atoms with van der Waals surface area (Å²) in [5.74, 6) is -0.718. The Morgan fingerprint density at radius 2 is 1.68 bits per heavy atom. The molecule has 0 aliphatic heterocycles. The Balaban J connectivity index is 1.95. The van der Waals surface area contributed by atoms with E-state index in [4.69, 9.17) is 10.5 Å². The first kappa shape index (κ1) is 18.3. The number of carbonyl (C=O) groups is 2. The van der Waals surface area contributed by atoms with Crippen molar-refractivity contribution in [2.45, 2.75) is 4.90 Å². The summed E-state index contributed by atoms with van der Waals surface area (Å²) in [5, 5.41) is 26.3. The van der Waals surface area contributed by atoms with Crippen molar-refractivity contribution in [3.8, 4) is 0 Å². The quantitative estimate of drug-likeness (QED) is 0.316. The van der Waals surface area contributed by atoms with Crippen LogP contribution in [0.5, 0.6) is 0 Å². The van der Waals surface area contributed by atoms with Gasteiger partial charge >= 0.3 is 5.97 Å².